The lowest BCUT2D eigenvalue weighted by molar-refractivity contribution is 0.193. The van der Waals surface area contributed by atoms with Gasteiger partial charge in [0, 0.05) is 24.8 Å². The molecule has 1 aliphatic heterocycles. The highest BCUT2D eigenvalue weighted by Gasteiger charge is 2.21. The maximum atomic E-state index is 11.1. The Balaban J connectivity index is 1.92. The van der Waals surface area contributed by atoms with Crippen molar-refractivity contribution in [3.8, 4) is 5.75 Å². The SMILES string of the molecule is CC(C)Oc1ccc(NC2CCN(C(N)=O)CC2)cc1Cl. The lowest BCUT2D eigenvalue weighted by Crippen LogP contribution is -2.44. The molecule has 0 atom stereocenters. The molecule has 0 radical (unpaired) electrons. The zero-order valence-electron chi connectivity index (χ0n) is 12.4. The van der Waals surface area contributed by atoms with Gasteiger partial charge in [0.25, 0.3) is 0 Å². The highest BCUT2D eigenvalue weighted by atomic mass is 35.5. The molecule has 1 heterocycles. The van der Waals surface area contributed by atoms with Crippen LogP contribution in [0.1, 0.15) is 26.7 Å². The highest BCUT2D eigenvalue weighted by Crippen LogP contribution is 2.29. The summed E-state index contributed by atoms with van der Waals surface area (Å²) in [6, 6.07) is 5.70. The Morgan fingerprint density at radius 1 is 1.43 bits per heavy atom. The molecule has 1 aliphatic rings. The van der Waals surface area contributed by atoms with E-state index < -0.39 is 0 Å². The molecule has 0 bridgehead atoms. The van der Waals surface area contributed by atoms with E-state index in [2.05, 4.69) is 5.32 Å². The number of carbonyl (C=O) groups excluding carboxylic acids is 1. The predicted molar refractivity (Wildman–Crippen MR) is 85.0 cm³/mol. The van der Waals surface area contributed by atoms with Crippen LogP contribution in [0.25, 0.3) is 0 Å². The fourth-order valence-electron chi connectivity index (χ4n) is 2.42. The first kappa shape index (κ1) is 15.8. The molecule has 1 fully saturated rings. The van der Waals surface area contributed by atoms with E-state index in [1.807, 2.05) is 32.0 Å². The first-order valence-electron chi connectivity index (χ1n) is 7.23. The minimum atomic E-state index is -0.341. The van der Waals surface area contributed by atoms with Gasteiger partial charge in [-0.05, 0) is 44.9 Å². The number of nitrogens with one attached hydrogen (secondary N) is 1. The monoisotopic (exact) mass is 311 g/mol. The molecule has 2 rings (SSSR count). The first-order chi connectivity index (χ1) is 9.95. The van der Waals surface area contributed by atoms with Crippen molar-refractivity contribution >= 4 is 23.3 Å². The van der Waals surface area contributed by atoms with Crippen LogP contribution < -0.4 is 15.8 Å². The number of benzene rings is 1. The van der Waals surface area contributed by atoms with Crippen molar-refractivity contribution in [2.24, 2.45) is 5.73 Å². The highest BCUT2D eigenvalue weighted by molar-refractivity contribution is 6.32. The summed E-state index contributed by atoms with van der Waals surface area (Å²) in [5, 5.41) is 4.04. The lowest BCUT2D eigenvalue weighted by atomic mass is 10.0. The number of nitrogens with two attached hydrogens (primary N) is 1. The molecule has 0 aromatic heterocycles. The lowest BCUT2D eigenvalue weighted by Gasteiger charge is -2.31. The topological polar surface area (TPSA) is 67.6 Å². The number of urea groups is 1. The van der Waals surface area contributed by atoms with E-state index >= 15 is 0 Å². The number of nitrogens with zero attached hydrogens (tertiary/aromatic N) is 1. The van der Waals surface area contributed by atoms with Crippen molar-refractivity contribution in [1.82, 2.24) is 4.90 Å². The minimum absolute atomic E-state index is 0.0967. The number of halogens is 1. The van der Waals surface area contributed by atoms with Gasteiger partial charge in [0.2, 0.25) is 0 Å². The Morgan fingerprint density at radius 2 is 2.10 bits per heavy atom. The summed E-state index contributed by atoms with van der Waals surface area (Å²) < 4.78 is 5.61. The first-order valence-corrected chi connectivity index (χ1v) is 7.60. The van der Waals surface area contributed by atoms with Crippen LogP contribution in [0.2, 0.25) is 5.02 Å². The van der Waals surface area contributed by atoms with Crippen LogP contribution in [0.15, 0.2) is 18.2 Å². The number of carbonyl (C=O) groups is 1. The molecule has 6 heteroatoms. The third kappa shape index (κ3) is 4.43. The fraction of sp³-hybridized carbons (Fsp3) is 0.533. The Hall–Kier alpha value is -1.62. The average Bonchev–Trinajstić information content (AvgIpc) is 2.42. The molecular weight excluding hydrogens is 290 g/mol. The van der Waals surface area contributed by atoms with Crippen molar-refractivity contribution in [3.63, 3.8) is 0 Å². The van der Waals surface area contributed by atoms with Crippen LogP contribution >= 0.6 is 11.6 Å². The summed E-state index contributed by atoms with van der Waals surface area (Å²) in [6.45, 7) is 5.31. The maximum absolute atomic E-state index is 11.1. The molecule has 2 amide bonds. The van der Waals surface area contributed by atoms with Crippen LogP contribution in [-0.2, 0) is 0 Å². The van der Waals surface area contributed by atoms with Crippen molar-refractivity contribution in [2.75, 3.05) is 18.4 Å². The molecule has 0 unspecified atom stereocenters. The predicted octanol–water partition coefficient (Wildman–Crippen LogP) is 3.08. The number of anilines is 1. The van der Waals surface area contributed by atoms with Crippen LogP contribution in [0, 0.1) is 0 Å². The van der Waals surface area contributed by atoms with Crippen molar-refractivity contribution in [3.05, 3.63) is 23.2 Å². The number of primary amides is 1. The minimum Gasteiger partial charge on any atom is -0.489 e. The van der Waals surface area contributed by atoms with Gasteiger partial charge in [0.05, 0.1) is 11.1 Å². The molecule has 116 valence electrons. The molecule has 0 spiro atoms. The molecule has 21 heavy (non-hydrogen) atoms. The molecule has 0 saturated carbocycles. The van der Waals surface area contributed by atoms with E-state index in [0.717, 1.165) is 18.5 Å². The number of hydrogen-bond donors (Lipinski definition) is 2. The van der Waals surface area contributed by atoms with Crippen LogP contribution in [0.4, 0.5) is 10.5 Å². The zero-order chi connectivity index (χ0) is 15.4. The number of piperidine rings is 1. The molecule has 0 aliphatic carbocycles. The van der Waals surface area contributed by atoms with E-state index in [1.165, 1.54) is 0 Å². The van der Waals surface area contributed by atoms with Crippen LogP contribution in [0.3, 0.4) is 0 Å². The van der Waals surface area contributed by atoms with E-state index in [1.54, 1.807) is 4.90 Å². The van der Waals surface area contributed by atoms with Crippen molar-refractivity contribution in [2.45, 2.75) is 38.8 Å². The van der Waals surface area contributed by atoms with Gasteiger partial charge in [-0.2, -0.15) is 0 Å². The number of hydrogen-bond acceptors (Lipinski definition) is 3. The molecule has 3 N–H and O–H groups in total. The molecule has 5 nitrogen and oxygen atoms in total. The standard InChI is InChI=1S/C15H22ClN3O2/c1-10(2)21-14-4-3-12(9-13(14)16)18-11-5-7-19(8-6-11)15(17)20/h3-4,9-11,18H,5-8H2,1-2H3,(H2,17,20). The smallest absolute Gasteiger partial charge is 0.314 e. The van der Waals surface area contributed by atoms with Crippen LogP contribution in [-0.4, -0.2) is 36.2 Å². The third-order valence-corrected chi connectivity index (χ3v) is 3.77. The van der Waals surface area contributed by atoms with E-state index in [-0.39, 0.29) is 12.1 Å². The van der Waals surface area contributed by atoms with E-state index in [9.17, 15) is 4.79 Å². The molecular formula is C15H22ClN3O2. The summed E-state index contributed by atoms with van der Waals surface area (Å²) in [6.07, 6.45) is 1.86. The second kappa shape index (κ2) is 6.89. The van der Waals surface area contributed by atoms with Gasteiger partial charge in [-0.25, -0.2) is 4.79 Å². The number of amides is 2. The molecule has 1 aromatic rings. The second-order valence-electron chi connectivity index (χ2n) is 5.56. The number of ether oxygens (including phenoxy) is 1. The van der Waals surface area contributed by atoms with Gasteiger partial charge < -0.3 is 20.7 Å². The van der Waals surface area contributed by atoms with Crippen LogP contribution in [0.5, 0.6) is 5.75 Å². The average molecular weight is 312 g/mol. The van der Waals surface area contributed by atoms with Gasteiger partial charge >= 0.3 is 6.03 Å². The van der Waals surface area contributed by atoms with Gasteiger partial charge in [0.1, 0.15) is 5.75 Å². The quantitative estimate of drug-likeness (QED) is 0.898. The third-order valence-electron chi connectivity index (χ3n) is 3.47. The molecule has 1 aromatic carbocycles. The summed E-state index contributed by atoms with van der Waals surface area (Å²) in [4.78, 5) is 12.8. The second-order valence-corrected chi connectivity index (χ2v) is 5.96. The summed E-state index contributed by atoms with van der Waals surface area (Å²) in [7, 11) is 0. The van der Waals surface area contributed by atoms with E-state index in [4.69, 9.17) is 22.1 Å². The maximum Gasteiger partial charge on any atom is 0.314 e. The van der Waals surface area contributed by atoms with Crippen molar-refractivity contribution < 1.29 is 9.53 Å². The Kier molecular flexibility index (Phi) is 5.17. The Bertz CT molecular complexity index is 500. The fourth-order valence-corrected chi connectivity index (χ4v) is 2.65. The van der Waals surface area contributed by atoms with E-state index in [0.29, 0.717) is 29.9 Å². The normalized spacial score (nSPS) is 16.1. The Labute approximate surface area is 130 Å². The summed E-state index contributed by atoms with van der Waals surface area (Å²) in [5.41, 5.74) is 6.24. The van der Waals surface area contributed by atoms with Crippen molar-refractivity contribution in [1.29, 1.82) is 0 Å². The van der Waals surface area contributed by atoms with Gasteiger partial charge in [-0.1, -0.05) is 11.6 Å². The van der Waals surface area contributed by atoms with Gasteiger partial charge in [-0.3, -0.25) is 0 Å². The molecule has 1 saturated heterocycles. The number of likely N-dealkylation sites (tertiary alicyclic amines) is 1. The number of rotatable bonds is 4. The Morgan fingerprint density at radius 3 is 2.62 bits per heavy atom. The largest absolute Gasteiger partial charge is 0.489 e. The zero-order valence-corrected chi connectivity index (χ0v) is 13.2. The summed E-state index contributed by atoms with van der Waals surface area (Å²) in [5.74, 6) is 0.695. The van der Waals surface area contributed by atoms with Gasteiger partial charge in [-0.15, -0.1) is 0 Å². The van der Waals surface area contributed by atoms with Gasteiger partial charge in [0.15, 0.2) is 0 Å². The summed E-state index contributed by atoms with van der Waals surface area (Å²) >= 11 is 6.22.